The summed E-state index contributed by atoms with van der Waals surface area (Å²) in [5, 5.41) is 2.71. The number of nitrogens with zero attached hydrogens (tertiary/aromatic N) is 1. The fourth-order valence-electron chi connectivity index (χ4n) is 2.38. The van der Waals surface area contributed by atoms with E-state index in [4.69, 9.17) is 5.73 Å². The predicted molar refractivity (Wildman–Crippen MR) is 79.5 cm³/mol. The lowest BCUT2D eigenvalue weighted by Gasteiger charge is -2.13. The Labute approximate surface area is 122 Å². The number of hydrogen-bond donors (Lipinski definition) is 2. The zero-order chi connectivity index (χ0) is 14.8. The van der Waals surface area contributed by atoms with E-state index in [9.17, 15) is 9.59 Å². The molecule has 1 unspecified atom stereocenters. The Morgan fingerprint density at radius 2 is 1.67 bits per heavy atom. The fraction of sp³-hybridized carbons (Fsp3) is 0.125. The molecule has 1 heterocycles. The summed E-state index contributed by atoms with van der Waals surface area (Å²) in [4.78, 5) is 25.7. The molecule has 0 aliphatic carbocycles. The molecule has 3 rings (SSSR count). The van der Waals surface area contributed by atoms with Gasteiger partial charge in [0.05, 0.1) is 5.69 Å². The Bertz CT molecular complexity index is 668. The summed E-state index contributed by atoms with van der Waals surface area (Å²) in [6.07, 6.45) is 0. The lowest BCUT2D eigenvalue weighted by Crippen LogP contribution is -2.30. The van der Waals surface area contributed by atoms with Gasteiger partial charge in [-0.2, -0.15) is 0 Å². The molecule has 3 N–H and O–H groups in total. The van der Waals surface area contributed by atoms with Crippen molar-refractivity contribution in [2.75, 3.05) is 4.90 Å². The Hall–Kier alpha value is -2.66. The van der Waals surface area contributed by atoms with Gasteiger partial charge in [0.2, 0.25) is 0 Å². The second-order valence-corrected chi connectivity index (χ2v) is 4.84. The Kier molecular flexibility index (Phi) is 3.41. The average molecular weight is 281 g/mol. The number of anilines is 1. The van der Waals surface area contributed by atoms with Crippen LogP contribution in [0, 0.1) is 0 Å². The molecule has 3 amide bonds. The van der Waals surface area contributed by atoms with Gasteiger partial charge in [-0.3, -0.25) is 4.79 Å². The van der Waals surface area contributed by atoms with Crippen molar-refractivity contribution in [2.45, 2.75) is 12.6 Å². The molecule has 2 aromatic carbocycles. The maximum Gasteiger partial charge on any atom is 0.329 e. The molecule has 2 aromatic rings. The van der Waals surface area contributed by atoms with Crippen LogP contribution in [0.2, 0.25) is 0 Å². The first-order valence-corrected chi connectivity index (χ1v) is 6.69. The van der Waals surface area contributed by atoms with Crippen molar-refractivity contribution >= 4 is 17.6 Å². The predicted octanol–water partition coefficient (Wildman–Crippen LogP) is 1.94. The minimum atomic E-state index is -0.632. The topological polar surface area (TPSA) is 75.4 Å². The average Bonchev–Trinajstić information content (AvgIpc) is 2.83. The number of urea groups is 1. The third kappa shape index (κ3) is 2.39. The van der Waals surface area contributed by atoms with E-state index in [-0.39, 0.29) is 5.91 Å². The number of nitrogens with one attached hydrogen (secondary N) is 1. The van der Waals surface area contributed by atoms with Crippen molar-refractivity contribution < 1.29 is 9.59 Å². The molecule has 0 saturated carbocycles. The second kappa shape index (κ2) is 5.38. The summed E-state index contributed by atoms with van der Waals surface area (Å²) >= 11 is 0. The van der Waals surface area contributed by atoms with Crippen LogP contribution in [0.4, 0.5) is 10.5 Å². The molecule has 21 heavy (non-hydrogen) atoms. The van der Waals surface area contributed by atoms with Crippen LogP contribution in [0.3, 0.4) is 0 Å². The second-order valence-electron chi connectivity index (χ2n) is 4.84. The van der Waals surface area contributed by atoms with E-state index in [0.29, 0.717) is 12.2 Å². The molecule has 0 radical (unpaired) electrons. The zero-order valence-corrected chi connectivity index (χ0v) is 11.3. The molecule has 106 valence electrons. The normalized spacial score (nSPS) is 18.0. The first kappa shape index (κ1) is 13.3. The van der Waals surface area contributed by atoms with Gasteiger partial charge in [-0.25, -0.2) is 9.69 Å². The summed E-state index contributed by atoms with van der Waals surface area (Å²) in [5.41, 5.74) is 7.82. The molecule has 1 fully saturated rings. The van der Waals surface area contributed by atoms with Crippen LogP contribution in [0.25, 0.3) is 0 Å². The van der Waals surface area contributed by atoms with E-state index in [1.165, 1.54) is 0 Å². The van der Waals surface area contributed by atoms with Crippen molar-refractivity contribution in [1.82, 2.24) is 5.32 Å². The highest BCUT2D eigenvalue weighted by atomic mass is 16.2. The van der Waals surface area contributed by atoms with E-state index in [2.05, 4.69) is 5.32 Å². The molecule has 0 spiro atoms. The largest absolute Gasteiger partial charge is 0.329 e. The first-order chi connectivity index (χ1) is 10.2. The van der Waals surface area contributed by atoms with Crippen LogP contribution in [-0.4, -0.2) is 11.9 Å². The number of nitrogens with two attached hydrogens (primary N) is 1. The van der Waals surface area contributed by atoms with Crippen LogP contribution in [0.1, 0.15) is 17.2 Å². The molecule has 5 heteroatoms. The van der Waals surface area contributed by atoms with Crippen LogP contribution in [-0.2, 0) is 11.3 Å². The summed E-state index contributed by atoms with van der Waals surface area (Å²) in [6, 6.07) is 15.2. The number of imide groups is 1. The van der Waals surface area contributed by atoms with Crippen molar-refractivity contribution in [3.8, 4) is 0 Å². The summed E-state index contributed by atoms with van der Waals surface area (Å²) in [5.74, 6) is -0.272. The van der Waals surface area contributed by atoms with Crippen molar-refractivity contribution in [3.63, 3.8) is 0 Å². The van der Waals surface area contributed by atoms with Gasteiger partial charge in [0.15, 0.2) is 0 Å². The highest BCUT2D eigenvalue weighted by Crippen LogP contribution is 2.27. The highest BCUT2D eigenvalue weighted by molar-refractivity contribution is 6.21. The van der Waals surface area contributed by atoms with Gasteiger partial charge in [0.1, 0.15) is 6.04 Å². The number of amides is 3. The fourth-order valence-corrected chi connectivity index (χ4v) is 2.38. The zero-order valence-electron chi connectivity index (χ0n) is 11.3. The number of carbonyl (C=O) groups is 2. The van der Waals surface area contributed by atoms with Crippen molar-refractivity contribution in [1.29, 1.82) is 0 Å². The maximum absolute atomic E-state index is 12.5. The molecular weight excluding hydrogens is 266 g/mol. The molecule has 1 saturated heterocycles. The van der Waals surface area contributed by atoms with Gasteiger partial charge >= 0.3 is 6.03 Å². The van der Waals surface area contributed by atoms with E-state index in [1.807, 2.05) is 42.5 Å². The van der Waals surface area contributed by atoms with Gasteiger partial charge in [-0.15, -0.1) is 0 Å². The van der Waals surface area contributed by atoms with Crippen molar-refractivity contribution in [2.24, 2.45) is 5.73 Å². The molecule has 0 aromatic heterocycles. The third-order valence-corrected chi connectivity index (χ3v) is 3.50. The first-order valence-electron chi connectivity index (χ1n) is 6.69. The summed E-state index contributed by atoms with van der Waals surface area (Å²) in [6.45, 7) is 0.424. The minimum Gasteiger partial charge on any atom is -0.326 e. The summed E-state index contributed by atoms with van der Waals surface area (Å²) < 4.78 is 0. The Balaban J connectivity index is 1.90. The Morgan fingerprint density at radius 3 is 2.29 bits per heavy atom. The third-order valence-electron chi connectivity index (χ3n) is 3.50. The SMILES string of the molecule is NCc1ccc(N2C(=O)NC(c3ccccc3)C2=O)cc1. The van der Waals surface area contributed by atoms with E-state index in [0.717, 1.165) is 16.0 Å². The molecule has 1 aliphatic heterocycles. The van der Waals surface area contributed by atoms with Gasteiger partial charge in [-0.1, -0.05) is 42.5 Å². The van der Waals surface area contributed by atoms with Crippen molar-refractivity contribution in [3.05, 3.63) is 65.7 Å². The van der Waals surface area contributed by atoms with E-state index < -0.39 is 12.1 Å². The summed E-state index contributed by atoms with van der Waals surface area (Å²) in [7, 11) is 0. The molecular formula is C16H15N3O2. The van der Waals surface area contributed by atoms with Gasteiger partial charge in [-0.05, 0) is 23.3 Å². The maximum atomic E-state index is 12.5. The van der Waals surface area contributed by atoms with Crippen LogP contribution < -0.4 is 16.0 Å². The Morgan fingerprint density at radius 1 is 1.00 bits per heavy atom. The molecule has 5 nitrogen and oxygen atoms in total. The van der Waals surface area contributed by atoms with Gasteiger partial charge in [0, 0.05) is 6.54 Å². The lowest BCUT2D eigenvalue weighted by atomic mass is 10.1. The molecule has 1 atom stereocenters. The van der Waals surface area contributed by atoms with Crippen LogP contribution >= 0.6 is 0 Å². The van der Waals surface area contributed by atoms with Gasteiger partial charge < -0.3 is 11.1 Å². The van der Waals surface area contributed by atoms with E-state index in [1.54, 1.807) is 12.1 Å². The molecule has 0 bridgehead atoms. The number of hydrogen-bond acceptors (Lipinski definition) is 3. The van der Waals surface area contributed by atoms with Gasteiger partial charge in [0.25, 0.3) is 5.91 Å². The lowest BCUT2D eigenvalue weighted by molar-refractivity contribution is -0.118. The minimum absolute atomic E-state index is 0.272. The van der Waals surface area contributed by atoms with Crippen LogP contribution in [0.5, 0.6) is 0 Å². The smallest absolute Gasteiger partial charge is 0.326 e. The number of carbonyl (C=O) groups excluding carboxylic acids is 2. The van der Waals surface area contributed by atoms with E-state index >= 15 is 0 Å². The number of benzene rings is 2. The quantitative estimate of drug-likeness (QED) is 0.844. The number of rotatable bonds is 3. The monoisotopic (exact) mass is 281 g/mol. The highest BCUT2D eigenvalue weighted by Gasteiger charge is 2.39. The van der Waals surface area contributed by atoms with Crippen LogP contribution in [0.15, 0.2) is 54.6 Å². The molecule has 1 aliphatic rings. The standard InChI is InChI=1S/C16H15N3O2/c17-10-11-6-8-13(9-7-11)19-15(20)14(18-16(19)21)12-4-2-1-3-5-12/h1-9,14H,10,17H2,(H,18,21).